The third-order valence-corrected chi connectivity index (χ3v) is 3.75. The minimum absolute atomic E-state index is 0.0863. The van der Waals surface area contributed by atoms with Gasteiger partial charge in [0.05, 0.1) is 5.69 Å². The van der Waals surface area contributed by atoms with Crippen LogP contribution in [0.3, 0.4) is 0 Å². The number of piperidine rings is 1. The Morgan fingerprint density at radius 2 is 1.79 bits per heavy atom. The second-order valence-electron chi connectivity index (χ2n) is 5.80. The van der Waals surface area contributed by atoms with Gasteiger partial charge in [-0.15, -0.1) is 0 Å². The highest BCUT2D eigenvalue weighted by molar-refractivity contribution is 5.49. The first-order valence-corrected chi connectivity index (χ1v) is 7.38. The van der Waals surface area contributed by atoms with Crippen molar-refractivity contribution in [2.24, 2.45) is 0 Å². The molecule has 3 heteroatoms. The Kier molecular flexibility index (Phi) is 4.81. The lowest BCUT2D eigenvalue weighted by atomic mass is 10.0. The third kappa shape index (κ3) is 3.69. The molecule has 1 saturated heterocycles. The van der Waals surface area contributed by atoms with Crippen molar-refractivity contribution < 1.29 is 4.39 Å². The van der Waals surface area contributed by atoms with Gasteiger partial charge in [0, 0.05) is 25.2 Å². The van der Waals surface area contributed by atoms with Gasteiger partial charge in [0.2, 0.25) is 0 Å². The molecule has 0 bridgehead atoms. The van der Waals surface area contributed by atoms with Crippen molar-refractivity contribution in [3.8, 4) is 0 Å². The third-order valence-electron chi connectivity index (χ3n) is 3.75. The number of rotatable bonds is 4. The Morgan fingerprint density at radius 1 is 1.11 bits per heavy atom. The molecule has 106 valence electrons. The first-order valence-electron chi connectivity index (χ1n) is 7.38. The monoisotopic (exact) mass is 264 g/mol. The van der Waals surface area contributed by atoms with E-state index < -0.39 is 0 Å². The first kappa shape index (κ1) is 14.3. The minimum atomic E-state index is -0.0863. The SMILES string of the molecule is CC(C)N[C@@H](C)c1ccc(N2CCCCC2)c(F)c1. The molecular weight excluding hydrogens is 239 g/mol. The predicted molar refractivity (Wildman–Crippen MR) is 79.2 cm³/mol. The van der Waals surface area contributed by atoms with Gasteiger partial charge < -0.3 is 10.2 Å². The fraction of sp³-hybridized carbons (Fsp3) is 0.625. The van der Waals surface area contributed by atoms with Crippen LogP contribution in [0.2, 0.25) is 0 Å². The Hall–Kier alpha value is -1.09. The van der Waals surface area contributed by atoms with Crippen LogP contribution in [0.4, 0.5) is 10.1 Å². The zero-order valence-corrected chi connectivity index (χ0v) is 12.2. The smallest absolute Gasteiger partial charge is 0.146 e. The number of benzene rings is 1. The summed E-state index contributed by atoms with van der Waals surface area (Å²) in [5.74, 6) is -0.0863. The van der Waals surface area contributed by atoms with E-state index in [-0.39, 0.29) is 11.9 Å². The van der Waals surface area contributed by atoms with Gasteiger partial charge in [0.15, 0.2) is 0 Å². The van der Waals surface area contributed by atoms with Gasteiger partial charge in [-0.1, -0.05) is 19.9 Å². The highest BCUT2D eigenvalue weighted by Gasteiger charge is 2.16. The fourth-order valence-corrected chi connectivity index (χ4v) is 2.78. The minimum Gasteiger partial charge on any atom is -0.369 e. The first-order chi connectivity index (χ1) is 9.08. The van der Waals surface area contributed by atoms with Crippen molar-refractivity contribution in [1.29, 1.82) is 0 Å². The molecule has 0 aromatic heterocycles. The van der Waals surface area contributed by atoms with Gasteiger partial charge in [0.25, 0.3) is 0 Å². The quantitative estimate of drug-likeness (QED) is 0.888. The molecule has 19 heavy (non-hydrogen) atoms. The van der Waals surface area contributed by atoms with E-state index >= 15 is 0 Å². The van der Waals surface area contributed by atoms with Crippen molar-refractivity contribution in [2.45, 2.75) is 52.1 Å². The van der Waals surface area contributed by atoms with Crippen LogP contribution in [0.15, 0.2) is 18.2 Å². The number of anilines is 1. The summed E-state index contributed by atoms with van der Waals surface area (Å²) in [7, 11) is 0. The number of halogens is 1. The molecule has 2 nitrogen and oxygen atoms in total. The zero-order chi connectivity index (χ0) is 13.8. The van der Waals surface area contributed by atoms with E-state index in [1.54, 1.807) is 6.07 Å². The molecular formula is C16H25FN2. The van der Waals surface area contributed by atoms with Crippen LogP contribution in [0.1, 0.15) is 51.6 Å². The van der Waals surface area contributed by atoms with Crippen molar-refractivity contribution in [2.75, 3.05) is 18.0 Å². The number of nitrogens with zero attached hydrogens (tertiary/aromatic N) is 1. The molecule has 0 radical (unpaired) electrons. The molecule has 1 atom stereocenters. The van der Waals surface area contributed by atoms with Crippen LogP contribution in [0.5, 0.6) is 0 Å². The Bertz CT molecular complexity index is 411. The lowest BCUT2D eigenvalue weighted by molar-refractivity contribution is 0.502. The summed E-state index contributed by atoms with van der Waals surface area (Å²) in [6.45, 7) is 8.26. The van der Waals surface area contributed by atoms with Crippen LogP contribution in [-0.2, 0) is 0 Å². The summed E-state index contributed by atoms with van der Waals surface area (Å²) in [4.78, 5) is 2.17. The molecule has 0 saturated carbocycles. The zero-order valence-electron chi connectivity index (χ0n) is 12.2. The highest BCUT2D eigenvalue weighted by Crippen LogP contribution is 2.26. The molecule has 1 aliphatic rings. The van der Waals surface area contributed by atoms with E-state index in [9.17, 15) is 4.39 Å². The molecule has 2 rings (SSSR count). The van der Waals surface area contributed by atoms with Crippen molar-refractivity contribution in [3.63, 3.8) is 0 Å². The fourth-order valence-electron chi connectivity index (χ4n) is 2.78. The van der Waals surface area contributed by atoms with Gasteiger partial charge in [-0.05, 0) is 43.9 Å². The van der Waals surface area contributed by atoms with E-state index in [2.05, 4.69) is 31.0 Å². The lowest BCUT2D eigenvalue weighted by Gasteiger charge is -2.29. The molecule has 0 unspecified atom stereocenters. The molecule has 1 heterocycles. The molecule has 1 N–H and O–H groups in total. The van der Waals surface area contributed by atoms with Crippen molar-refractivity contribution >= 4 is 5.69 Å². The van der Waals surface area contributed by atoms with Crippen LogP contribution in [0.25, 0.3) is 0 Å². The van der Waals surface area contributed by atoms with E-state index in [1.165, 1.54) is 19.3 Å². The van der Waals surface area contributed by atoms with Crippen LogP contribution in [-0.4, -0.2) is 19.1 Å². The van der Waals surface area contributed by atoms with Gasteiger partial charge in [-0.2, -0.15) is 0 Å². The van der Waals surface area contributed by atoms with Crippen LogP contribution in [0, 0.1) is 5.82 Å². The van der Waals surface area contributed by atoms with Gasteiger partial charge in [-0.3, -0.25) is 0 Å². The maximum absolute atomic E-state index is 14.3. The molecule has 0 amide bonds. The van der Waals surface area contributed by atoms with Crippen LogP contribution >= 0.6 is 0 Å². The van der Waals surface area contributed by atoms with Crippen molar-refractivity contribution in [3.05, 3.63) is 29.6 Å². The maximum atomic E-state index is 14.3. The standard InChI is InChI=1S/C16H25FN2/c1-12(2)18-13(3)14-7-8-16(15(17)11-14)19-9-5-4-6-10-19/h7-8,11-13,18H,4-6,9-10H2,1-3H3/t13-/m0/s1. The molecule has 0 spiro atoms. The largest absolute Gasteiger partial charge is 0.369 e. The van der Waals surface area contributed by atoms with Crippen LogP contribution < -0.4 is 10.2 Å². The summed E-state index contributed by atoms with van der Waals surface area (Å²) in [5.41, 5.74) is 1.78. The molecule has 0 aliphatic carbocycles. The Morgan fingerprint density at radius 3 is 2.37 bits per heavy atom. The molecule has 1 fully saturated rings. The highest BCUT2D eigenvalue weighted by atomic mass is 19.1. The van der Waals surface area contributed by atoms with E-state index in [0.29, 0.717) is 6.04 Å². The normalized spacial score (nSPS) is 17.8. The Balaban J connectivity index is 2.12. The van der Waals surface area contributed by atoms with Gasteiger partial charge in [-0.25, -0.2) is 4.39 Å². The maximum Gasteiger partial charge on any atom is 0.146 e. The number of hydrogen-bond donors (Lipinski definition) is 1. The summed E-state index contributed by atoms with van der Waals surface area (Å²) >= 11 is 0. The summed E-state index contributed by atoms with van der Waals surface area (Å²) < 4.78 is 14.3. The van der Waals surface area contributed by atoms with E-state index in [1.807, 2.05) is 12.1 Å². The second kappa shape index (κ2) is 6.38. The summed E-state index contributed by atoms with van der Waals surface area (Å²) in [6.07, 6.45) is 3.62. The average Bonchev–Trinajstić information content (AvgIpc) is 2.38. The average molecular weight is 264 g/mol. The number of hydrogen-bond acceptors (Lipinski definition) is 2. The second-order valence-corrected chi connectivity index (χ2v) is 5.80. The molecule has 1 aromatic rings. The van der Waals surface area contributed by atoms with Gasteiger partial charge in [0.1, 0.15) is 5.82 Å². The predicted octanol–water partition coefficient (Wildman–Crippen LogP) is 3.88. The molecule has 1 aromatic carbocycles. The lowest BCUT2D eigenvalue weighted by Crippen LogP contribution is -2.30. The van der Waals surface area contributed by atoms with E-state index in [4.69, 9.17) is 0 Å². The van der Waals surface area contributed by atoms with Gasteiger partial charge >= 0.3 is 0 Å². The summed E-state index contributed by atoms with van der Waals surface area (Å²) in [5, 5.41) is 3.40. The topological polar surface area (TPSA) is 15.3 Å². The van der Waals surface area contributed by atoms with E-state index in [0.717, 1.165) is 24.3 Å². The molecule has 1 aliphatic heterocycles. The number of nitrogens with one attached hydrogen (secondary N) is 1. The summed E-state index contributed by atoms with van der Waals surface area (Å²) in [6, 6.07) is 6.26. The van der Waals surface area contributed by atoms with Crippen molar-refractivity contribution in [1.82, 2.24) is 5.32 Å². The Labute approximate surface area is 116 Å².